The van der Waals surface area contributed by atoms with E-state index in [2.05, 4.69) is 4.90 Å². The van der Waals surface area contributed by atoms with E-state index in [0.29, 0.717) is 25.4 Å². The maximum absolute atomic E-state index is 13.1. The molecular weight excluding hydrogens is 419 g/mol. The third kappa shape index (κ3) is 5.74. The molecule has 2 aromatic carbocycles. The minimum Gasteiger partial charge on any atom is -0.489 e. The van der Waals surface area contributed by atoms with Crippen LogP contribution in [0.2, 0.25) is 0 Å². The van der Waals surface area contributed by atoms with E-state index in [4.69, 9.17) is 21.1 Å². The number of hydrogen-bond donors (Lipinski definition) is 0. The number of hydrogen-bond acceptors (Lipinski definition) is 4. The van der Waals surface area contributed by atoms with Gasteiger partial charge in [-0.05, 0) is 42.3 Å². The first kappa shape index (κ1) is 22.6. The lowest BCUT2D eigenvalue weighted by molar-refractivity contribution is -0.138. The zero-order valence-corrected chi connectivity index (χ0v) is 17.3. The Bertz CT molecular complexity index is 873. The number of alkyl halides is 3. The van der Waals surface area contributed by atoms with Crippen LogP contribution in [0.3, 0.4) is 0 Å². The van der Waals surface area contributed by atoms with Crippen LogP contribution in [0.25, 0.3) is 0 Å². The Hall–Kier alpha value is -2.09. The number of halogens is 4. The highest BCUT2D eigenvalue weighted by atomic mass is 35.5. The maximum Gasteiger partial charge on any atom is 0.416 e. The minimum atomic E-state index is -4.42. The third-order valence-corrected chi connectivity index (χ3v) is 5.35. The van der Waals surface area contributed by atoms with Crippen molar-refractivity contribution in [1.82, 2.24) is 4.90 Å². The summed E-state index contributed by atoms with van der Waals surface area (Å²) < 4.78 is 50.9. The zero-order valence-electron chi connectivity index (χ0n) is 16.5. The molecule has 8 heteroatoms. The topological polar surface area (TPSA) is 38.8 Å². The van der Waals surface area contributed by atoms with Crippen LogP contribution in [0.15, 0.2) is 48.5 Å². The van der Waals surface area contributed by atoms with Crippen LogP contribution in [-0.2, 0) is 27.9 Å². The Morgan fingerprint density at radius 2 is 1.90 bits per heavy atom. The first-order chi connectivity index (χ1) is 14.2. The summed E-state index contributed by atoms with van der Waals surface area (Å²) in [6.07, 6.45) is -4.14. The fourth-order valence-corrected chi connectivity index (χ4v) is 3.63. The van der Waals surface area contributed by atoms with Gasteiger partial charge in [-0.1, -0.05) is 30.3 Å². The van der Waals surface area contributed by atoms with Gasteiger partial charge in [0.1, 0.15) is 18.0 Å². The van der Waals surface area contributed by atoms with Gasteiger partial charge in [-0.15, -0.1) is 0 Å². The largest absolute Gasteiger partial charge is 0.489 e. The van der Waals surface area contributed by atoms with Crippen molar-refractivity contribution in [2.24, 2.45) is 0 Å². The molecule has 0 bridgehead atoms. The molecule has 1 fully saturated rings. The molecule has 2 aromatic rings. The molecule has 1 aliphatic heterocycles. The molecule has 162 valence electrons. The Morgan fingerprint density at radius 1 is 1.20 bits per heavy atom. The molecule has 0 spiro atoms. The fourth-order valence-electron chi connectivity index (χ4n) is 3.55. The molecular formula is C22H23ClF3NO3. The summed E-state index contributed by atoms with van der Waals surface area (Å²) in [7, 11) is 0. The molecule has 1 saturated heterocycles. The van der Waals surface area contributed by atoms with Crippen molar-refractivity contribution >= 4 is 16.8 Å². The second-order valence-corrected chi connectivity index (χ2v) is 7.85. The van der Waals surface area contributed by atoms with Gasteiger partial charge in [0.15, 0.2) is 0 Å². The van der Waals surface area contributed by atoms with E-state index in [1.54, 1.807) is 18.2 Å². The molecule has 0 N–H and O–H groups in total. The Labute approximate surface area is 178 Å². The lowest BCUT2D eigenvalue weighted by Crippen LogP contribution is -2.48. The van der Waals surface area contributed by atoms with Crippen molar-refractivity contribution in [3.05, 3.63) is 65.2 Å². The molecule has 1 aliphatic rings. The summed E-state index contributed by atoms with van der Waals surface area (Å²) in [6.45, 7) is 4.22. The van der Waals surface area contributed by atoms with Crippen LogP contribution < -0.4 is 4.74 Å². The standard InChI is InChI=1S/C22H23ClF3NO3/c1-21(15-27(12-13-30-21)11-10-20(23)28)17-6-8-18(9-7-17)29-14-16-4-2-3-5-19(16)22(24,25)26/h2-9H,10-15H2,1H3. The molecule has 0 aromatic heterocycles. The quantitative estimate of drug-likeness (QED) is 0.567. The highest BCUT2D eigenvalue weighted by Crippen LogP contribution is 2.33. The Morgan fingerprint density at radius 3 is 2.57 bits per heavy atom. The fraction of sp³-hybridized carbons (Fsp3) is 0.409. The monoisotopic (exact) mass is 441 g/mol. The van der Waals surface area contributed by atoms with Gasteiger partial charge in [0.2, 0.25) is 5.24 Å². The van der Waals surface area contributed by atoms with Crippen LogP contribution in [0.1, 0.15) is 30.0 Å². The van der Waals surface area contributed by atoms with Crippen LogP contribution in [-0.4, -0.2) is 36.4 Å². The van der Waals surface area contributed by atoms with Crippen molar-refractivity contribution in [2.45, 2.75) is 31.7 Å². The average Bonchev–Trinajstić information content (AvgIpc) is 2.71. The molecule has 1 atom stereocenters. The van der Waals surface area contributed by atoms with Crippen LogP contribution >= 0.6 is 11.6 Å². The van der Waals surface area contributed by atoms with E-state index in [-0.39, 0.29) is 23.8 Å². The van der Waals surface area contributed by atoms with Gasteiger partial charge in [-0.2, -0.15) is 13.2 Å². The van der Waals surface area contributed by atoms with Gasteiger partial charge >= 0.3 is 6.18 Å². The molecule has 4 nitrogen and oxygen atoms in total. The van der Waals surface area contributed by atoms with Crippen molar-refractivity contribution in [3.63, 3.8) is 0 Å². The van der Waals surface area contributed by atoms with Gasteiger partial charge in [0, 0.05) is 31.6 Å². The predicted octanol–water partition coefficient (Wildman–Crippen LogP) is 4.99. The minimum absolute atomic E-state index is 0.0844. The van der Waals surface area contributed by atoms with Crippen molar-refractivity contribution in [2.75, 3.05) is 26.2 Å². The van der Waals surface area contributed by atoms with Crippen LogP contribution in [0.4, 0.5) is 13.2 Å². The number of morpholine rings is 1. The number of benzene rings is 2. The summed E-state index contributed by atoms with van der Waals surface area (Å²) in [5.41, 5.74) is -0.247. The van der Waals surface area contributed by atoms with E-state index in [0.717, 1.165) is 18.2 Å². The molecule has 0 radical (unpaired) electrons. The zero-order chi connectivity index (χ0) is 21.8. The highest BCUT2D eigenvalue weighted by molar-refractivity contribution is 6.63. The first-order valence-electron chi connectivity index (χ1n) is 9.60. The predicted molar refractivity (Wildman–Crippen MR) is 107 cm³/mol. The average molecular weight is 442 g/mol. The van der Waals surface area contributed by atoms with E-state index in [9.17, 15) is 18.0 Å². The number of carbonyl (C=O) groups is 1. The summed E-state index contributed by atoms with van der Waals surface area (Å²) >= 11 is 5.44. The van der Waals surface area contributed by atoms with Crippen LogP contribution in [0, 0.1) is 0 Å². The van der Waals surface area contributed by atoms with Gasteiger partial charge < -0.3 is 9.47 Å². The maximum atomic E-state index is 13.1. The second-order valence-electron chi connectivity index (χ2n) is 7.43. The van der Waals surface area contributed by atoms with E-state index >= 15 is 0 Å². The molecule has 3 rings (SSSR count). The van der Waals surface area contributed by atoms with E-state index in [1.807, 2.05) is 19.1 Å². The summed E-state index contributed by atoms with van der Waals surface area (Å²) in [4.78, 5) is 13.2. The third-order valence-electron chi connectivity index (χ3n) is 5.16. The molecule has 0 saturated carbocycles. The van der Waals surface area contributed by atoms with Crippen molar-refractivity contribution < 1.29 is 27.4 Å². The Balaban J connectivity index is 1.65. The SMILES string of the molecule is CC1(c2ccc(OCc3ccccc3C(F)(F)F)cc2)CN(CCC(=O)Cl)CCO1. The normalized spacial score (nSPS) is 20.2. The van der Waals surface area contributed by atoms with Crippen molar-refractivity contribution in [3.8, 4) is 5.75 Å². The Kier molecular flexibility index (Phi) is 7.06. The number of rotatable bonds is 7. The van der Waals surface area contributed by atoms with Crippen molar-refractivity contribution in [1.29, 1.82) is 0 Å². The molecule has 1 unspecified atom stereocenters. The van der Waals surface area contributed by atoms with E-state index < -0.39 is 17.3 Å². The highest BCUT2D eigenvalue weighted by Gasteiger charge is 2.34. The molecule has 1 heterocycles. The number of ether oxygens (including phenoxy) is 2. The van der Waals surface area contributed by atoms with Gasteiger partial charge in [0.05, 0.1) is 12.2 Å². The van der Waals surface area contributed by atoms with E-state index in [1.165, 1.54) is 12.1 Å². The lowest BCUT2D eigenvalue weighted by atomic mass is 9.93. The summed E-state index contributed by atoms with van der Waals surface area (Å²) in [6, 6.07) is 12.5. The van der Waals surface area contributed by atoms with Crippen LogP contribution in [0.5, 0.6) is 5.75 Å². The summed E-state index contributed by atoms with van der Waals surface area (Å²) in [5.74, 6) is 0.472. The molecule has 30 heavy (non-hydrogen) atoms. The van der Waals surface area contributed by atoms with Gasteiger partial charge in [-0.3, -0.25) is 9.69 Å². The van der Waals surface area contributed by atoms with Gasteiger partial charge in [-0.25, -0.2) is 0 Å². The second kappa shape index (κ2) is 9.37. The molecule has 0 amide bonds. The number of carbonyl (C=O) groups excluding carboxylic acids is 1. The van der Waals surface area contributed by atoms with Gasteiger partial charge in [0.25, 0.3) is 0 Å². The smallest absolute Gasteiger partial charge is 0.416 e. The molecule has 0 aliphatic carbocycles. The lowest BCUT2D eigenvalue weighted by Gasteiger charge is -2.40. The first-order valence-corrected chi connectivity index (χ1v) is 9.98. The summed E-state index contributed by atoms with van der Waals surface area (Å²) in [5, 5.41) is -0.364. The number of nitrogens with zero attached hydrogens (tertiary/aromatic N) is 1.